The molecule has 2 atom stereocenters. The van der Waals surface area contributed by atoms with Crippen LogP contribution in [0.25, 0.3) is 22.3 Å². The second-order valence-electron chi connectivity index (χ2n) is 12.9. The van der Waals surface area contributed by atoms with E-state index in [2.05, 4.69) is 6.58 Å². The smallest absolute Gasteiger partial charge is 0.170 e. The average Bonchev–Trinajstić information content (AvgIpc) is 3.37. The van der Waals surface area contributed by atoms with Crippen LogP contribution >= 0.6 is 0 Å². The lowest BCUT2D eigenvalue weighted by Gasteiger charge is -2.32. The Bertz CT molecular complexity index is 2250. The van der Waals surface area contributed by atoms with E-state index < -0.39 is 86.0 Å². The minimum Gasteiger partial charge on any atom is -0.512 e. The molecule has 0 fully saturated rings. The quantitative estimate of drug-likeness (QED) is 0.0675. The lowest BCUT2D eigenvalue weighted by atomic mass is 9.73. The standard InChI is InChI=1S/C39H32O12/c1-14-9-16(40)5-8-22(26-15(2)10-19(43)13-23(14)26)28-32(44)36(48)30(37(49)33(28)45)31-38(50)34(46)29(35(47)39(31)51)27-20-6-3-17(41)11-24(20)25-12-18(42)4-7-21(25)27/h3-9,11-13,15,22,27,40-51H,1,10H2,2H3. The van der Waals surface area contributed by atoms with Gasteiger partial charge in [-0.15, -0.1) is 0 Å². The molecule has 0 aliphatic heterocycles. The third kappa shape index (κ3) is 4.75. The SMILES string of the molecule is C=C1C=C(O)C=CC(c2c(O)c(O)c(-c3c(O)c(O)c(C4c5ccc(O)cc5-c5cc(O)ccc54)c(O)c3O)c(O)c2O)C2=C1C=C(O)CC2C. The zero-order valence-corrected chi connectivity index (χ0v) is 26.8. The second kappa shape index (κ2) is 11.4. The minimum absolute atomic E-state index is 0.0166. The van der Waals surface area contributed by atoms with Crippen molar-refractivity contribution in [3.63, 3.8) is 0 Å². The van der Waals surface area contributed by atoms with Crippen molar-refractivity contribution < 1.29 is 61.3 Å². The van der Waals surface area contributed by atoms with Gasteiger partial charge in [-0.05, 0) is 87.4 Å². The van der Waals surface area contributed by atoms with Crippen LogP contribution in [0.5, 0.6) is 57.5 Å². The van der Waals surface area contributed by atoms with Crippen molar-refractivity contribution in [2.24, 2.45) is 5.92 Å². The number of benzene rings is 4. The maximum atomic E-state index is 11.5. The van der Waals surface area contributed by atoms with E-state index in [1.54, 1.807) is 6.92 Å². The summed E-state index contributed by atoms with van der Waals surface area (Å²) in [7, 11) is 0. The van der Waals surface area contributed by atoms with Gasteiger partial charge in [-0.2, -0.15) is 0 Å². The van der Waals surface area contributed by atoms with Gasteiger partial charge in [-0.3, -0.25) is 0 Å². The summed E-state index contributed by atoms with van der Waals surface area (Å²) in [5.41, 5.74) is 0.155. The van der Waals surface area contributed by atoms with Crippen molar-refractivity contribution in [2.45, 2.75) is 25.2 Å². The molecule has 51 heavy (non-hydrogen) atoms. The highest BCUT2D eigenvalue weighted by Crippen LogP contribution is 2.64. The van der Waals surface area contributed by atoms with Gasteiger partial charge in [-0.1, -0.05) is 31.7 Å². The van der Waals surface area contributed by atoms with Crippen molar-refractivity contribution in [1.29, 1.82) is 0 Å². The van der Waals surface area contributed by atoms with Crippen LogP contribution in [-0.4, -0.2) is 61.3 Å². The lowest BCUT2D eigenvalue weighted by molar-refractivity contribution is 0.352. The first-order valence-electron chi connectivity index (χ1n) is 15.7. The summed E-state index contributed by atoms with van der Waals surface area (Å²) >= 11 is 0. The van der Waals surface area contributed by atoms with E-state index in [-0.39, 0.29) is 29.4 Å². The first-order chi connectivity index (χ1) is 24.1. The zero-order chi connectivity index (χ0) is 36.8. The number of aliphatic hydroxyl groups is 2. The molecule has 260 valence electrons. The Morgan fingerprint density at radius 3 is 1.55 bits per heavy atom. The van der Waals surface area contributed by atoms with Gasteiger partial charge >= 0.3 is 0 Å². The van der Waals surface area contributed by atoms with Crippen molar-refractivity contribution in [3.8, 4) is 79.7 Å². The Hall–Kier alpha value is -6.82. The molecule has 0 bridgehead atoms. The maximum absolute atomic E-state index is 11.5. The second-order valence-corrected chi connectivity index (χ2v) is 12.9. The van der Waals surface area contributed by atoms with Crippen LogP contribution in [0.3, 0.4) is 0 Å². The van der Waals surface area contributed by atoms with Gasteiger partial charge in [0.05, 0.1) is 28.0 Å². The maximum Gasteiger partial charge on any atom is 0.170 e. The molecule has 0 aromatic heterocycles. The van der Waals surface area contributed by atoms with Crippen LogP contribution in [0.1, 0.15) is 47.4 Å². The molecule has 0 radical (unpaired) electrons. The predicted octanol–water partition coefficient (Wildman–Crippen LogP) is 7.00. The number of aromatic hydroxyl groups is 10. The number of phenolic OH excluding ortho intramolecular Hbond substituents is 10. The number of phenols is 10. The van der Waals surface area contributed by atoms with Gasteiger partial charge in [0, 0.05) is 18.3 Å². The molecule has 3 aliphatic rings. The zero-order valence-electron chi connectivity index (χ0n) is 26.8. The van der Waals surface area contributed by atoms with E-state index in [4.69, 9.17) is 0 Å². The summed E-state index contributed by atoms with van der Waals surface area (Å²) in [4.78, 5) is 0. The molecule has 12 nitrogen and oxygen atoms in total. The molecule has 7 rings (SSSR count). The highest BCUT2D eigenvalue weighted by atomic mass is 16.3. The molecule has 2 unspecified atom stereocenters. The predicted molar refractivity (Wildman–Crippen MR) is 185 cm³/mol. The number of hydrogen-bond donors (Lipinski definition) is 12. The van der Waals surface area contributed by atoms with Crippen LogP contribution in [0.2, 0.25) is 0 Å². The molecule has 4 aromatic rings. The number of rotatable bonds is 3. The molecule has 4 aromatic carbocycles. The fourth-order valence-electron chi connectivity index (χ4n) is 7.62. The molecule has 0 saturated carbocycles. The van der Waals surface area contributed by atoms with Crippen LogP contribution in [0, 0.1) is 5.92 Å². The molecule has 0 spiro atoms. The molecule has 12 heteroatoms. The summed E-state index contributed by atoms with van der Waals surface area (Å²) < 4.78 is 0. The van der Waals surface area contributed by atoms with Gasteiger partial charge < -0.3 is 61.3 Å². The Morgan fingerprint density at radius 1 is 0.588 bits per heavy atom. The van der Waals surface area contributed by atoms with Crippen LogP contribution in [0.15, 0.2) is 95.5 Å². The van der Waals surface area contributed by atoms with Crippen LogP contribution < -0.4 is 0 Å². The van der Waals surface area contributed by atoms with Crippen molar-refractivity contribution >= 4 is 0 Å². The van der Waals surface area contributed by atoms with Gasteiger partial charge in [-0.25, -0.2) is 0 Å². The van der Waals surface area contributed by atoms with Gasteiger partial charge in [0.1, 0.15) is 17.3 Å². The highest BCUT2D eigenvalue weighted by Gasteiger charge is 2.40. The Morgan fingerprint density at radius 2 is 1.06 bits per heavy atom. The Kier molecular flexibility index (Phi) is 7.30. The summed E-state index contributed by atoms with van der Waals surface area (Å²) in [6, 6.07) is 8.52. The Labute approximate surface area is 289 Å². The summed E-state index contributed by atoms with van der Waals surface area (Å²) in [5, 5.41) is 133. The van der Waals surface area contributed by atoms with E-state index in [1.807, 2.05) is 0 Å². The summed E-state index contributed by atoms with van der Waals surface area (Å²) in [6.45, 7) is 5.71. The van der Waals surface area contributed by atoms with E-state index >= 15 is 0 Å². The third-order valence-electron chi connectivity index (χ3n) is 9.83. The summed E-state index contributed by atoms with van der Waals surface area (Å²) in [6.07, 6.45) is 5.60. The minimum atomic E-state index is -1.15. The first-order valence-corrected chi connectivity index (χ1v) is 15.7. The van der Waals surface area contributed by atoms with Gasteiger partial charge in [0.15, 0.2) is 46.0 Å². The normalized spacial score (nSPS) is 18.4. The van der Waals surface area contributed by atoms with E-state index in [0.29, 0.717) is 39.0 Å². The summed E-state index contributed by atoms with van der Waals surface area (Å²) in [5.74, 6) is -11.7. The van der Waals surface area contributed by atoms with E-state index in [9.17, 15) is 61.3 Å². The Balaban J connectivity index is 1.44. The van der Waals surface area contributed by atoms with Crippen molar-refractivity contribution in [1.82, 2.24) is 0 Å². The largest absolute Gasteiger partial charge is 0.512 e. The number of aliphatic hydroxyl groups excluding tert-OH is 2. The molecule has 0 amide bonds. The monoisotopic (exact) mass is 692 g/mol. The first kappa shape index (κ1) is 32.7. The number of hydrogen-bond acceptors (Lipinski definition) is 12. The van der Waals surface area contributed by atoms with Crippen molar-refractivity contribution in [3.05, 3.63) is 118 Å². The molecule has 3 aliphatic carbocycles. The topological polar surface area (TPSA) is 243 Å². The average molecular weight is 693 g/mol. The van der Waals surface area contributed by atoms with Crippen LogP contribution in [0.4, 0.5) is 0 Å². The molecule has 12 N–H and O–H groups in total. The van der Waals surface area contributed by atoms with Gasteiger partial charge in [0.2, 0.25) is 0 Å². The lowest BCUT2D eigenvalue weighted by Crippen LogP contribution is -2.17. The molecule has 0 saturated heterocycles. The number of fused-ring (bicyclic) bond motifs is 3. The van der Waals surface area contributed by atoms with E-state index in [1.165, 1.54) is 60.7 Å². The van der Waals surface area contributed by atoms with Crippen molar-refractivity contribution in [2.75, 3.05) is 0 Å². The fraction of sp³-hybridized carbons (Fsp3) is 0.128. The molecule has 0 heterocycles. The number of allylic oxidation sites excluding steroid dienone is 8. The fourth-order valence-corrected chi connectivity index (χ4v) is 7.62. The van der Waals surface area contributed by atoms with Crippen LogP contribution in [-0.2, 0) is 0 Å². The highest BCUT2D eigenvalue weighted by molar-refractivity contribution is 5.94. The molecular formula is C39H32O12. The third-order valence-corrected chi connectivity index (χ3v) is 9.83. The molecular weight excluding hydrogens is 660 g/mol. The van der Waals surface area contributed by atoms with Gasteiger partial charge in [0.25, 0.3) is 0 Å². The van der Waals surface area contributed by atoms with E-state index in [0.717, 1.165) is 0 Å².